The number of aryl methyl sites for hydroxylation is 1. The molecule has 17 heteroatoms. The van der Waals surface area contributed by atoms with Gasteiger partial charge in [-0.25, -0.2) is 18.4 Å². The topological polar surface area (TPSA) is 116 Å². The van der Waals surface area contributed by atoms with Crippen LogP contribution in [0.25, 0.3) is 0 Å². The lowest BCUT2D eigenvalue weighted by Crippen LogP contribution is -2.17. The summed E-state index contributed by atoms with van der Waals surface area (Å²) in [5, 5.41) is 0.278. The van der Waals surface area contributed by atoms with E-state index in [4.69, 9.17) is 28.9 Å². The zero-order valence-corrected chi connectivity index (χ0v) is 22.8. The van der Waals surface area contributed by atoms with Gasteiger partial charge >= 0.3 is 12.4 Å². The molecule has 0 saturated heterocycles. The van der Waals surface area contributed by atoms with E-state index in [0.29, 0.717) is 27.5 Å². The predicted octanol–water partition coefficient (Wildman–Crippen LogP) is 6.32. The van der Waals surface area contributed by atoms with Crippen LogP contribution in [0.5, 0.6) is 0 Å². The molecule has 0 spiro atoms. The predicted molar refractivity (Wildman–Crippen MR) is 136 cm³/mol. The van der Waals surface area contributed by atoms with E-state index in [0.717, 1.165) is 0 Å². The molecular weight excluding hydrogens is 613 g/mol. The standard InChI is InChI=1S/C15H13Cl2F3N2O3S.C8H9F3N2O/c1-9-4-13(12(17)5-11(9)16)26(23,24)22-14-3-2-10(6-21-14)7-25-8-15(18,19)20;9-8(10,11)5-14-4-6-1-2-7(12)13-3-6/h2-6H,7-8H2,1H3,(H,21,22);1-3H,4-5H2,(H2,12,13). The number of aromatic nitrogens is 2. The van der Waals surface area contributed by atoms with E-state index < -0.39 is 35.6 Å². The number of alkyl halides is 6. The van der Waals surface area contributed by atoms with E-state index in [1.54, 1.807) is 13.0 Å². The first-order valence-corrected chi connectivity index (χ1v) is 13.1. The monoisotopic (exact) mass is 634 g/mol. The maximum atomic E-state index is 12.4. The lowest BCUT2D eigenvalue weighted by Gasteiger charge is -2.11. The fourth-order valence-corrected chi connectivity index (χ4v) is 4.53. The Hall–Kier alpha value is -2.85. The molecule has 2 heterocycles. The maximum absolute atomic E-state index is 12.4. The average molecular weight is 635 g/mol. The zero-order valence-electron chi connectivity index (χ0n) is 20.5. The van der Waals surface area contributed by atoms with Crippen LogP contribution in [0.4, 0.5) is 38.0 Å². The van der Waals surface area contributed by atoms with Gasteiger partial charge in [-0.15, -0.1) is 0 Å². The third-order valence-corrected chi connectivity index (χ3v) is 6.71. The fraction of sp³-hybridized carbons (Fsp3) is 0.304. The largest absolute Gasteiger partial charge is 0.411 e. The van der Waals surface area contributed by atoms with Gasteiger partial charge in [0.2, 0.25) is 0 Å². The highest BCUT2D eigenvalue weighted by Gasteiger charge is 2.28. The van der Waals surface area contributed by atoms with Crippen LogP contribution in [0.2, 0.25) is 10.0 Å². The SMILES string of the molecule is Cc1cc(S(=O)(=O)Nc2ccc(COCC(F)(F)F)cn2)c(Cl)cc1Cl.Nc1ccc(COCC(F)(F)F)cn1. The third-order valence-electron chi connectivity index (χ3n) is 4.48. The van der Waals surface area contributed by atoms with E-state index in [-0.39, 0.29) is 28.9 Å². The van der Waals surface area contributed by atoms with Gasteiger partial charge in [-0.3, -0.25) is 4.72 Å². The van der Waals surface area contributed by atoms with Crippen LogP contribution in [0.1, 0.15) is 16.7 Å². The van der Waals surface area contributed by atoms with Crippen molar-refractivity contribution in [2.45, 2.75) is 37.4 Å². The van der Waals surface area contributed by atoms with Crippen LogP contribution in [0, 0.1) is 6.92 Å². The van der Waals surface area contributed by atoms with Crippen molar-refractivity contribution < 1.29 is 44.2 Å². The van der Waals surface area contributed by atoms with E-state index >= 15 is 0 Å². The van der Waals surface area contributed by atoms with Crippen molar-refractivity contribution in [2.24, 2.45) is 0 Å². The van der Waals surface area contributed by atoms with Gasteiger partial charge in [0.1, 0.15) is 29.7 Å². The summed E-state index contributed by atoms with van der Waals surface area (Å²) in [5.41, 5.74) is 6.74. The van der Waals surface area contributed by atoms with E-state index in [1.165, 1.54) is 42.7 Å². The van der Waals surface area contributed by atoms with Gasteiger partial charge in [0.25, 0.3) is 10.0 Å². The first kappa shape index (κ1) is 33.4. The average Bonchev–Trinajstić information content (AvgIpc) is 2.82. The van der Waals surface area contributed by atoms with Gasteiger partial charge in [-0.05, 0) is 47.9 Å². The van der Waals surface area contributed by atoms with Crippen molar-refractivity contribution in [3.63, 3.8) is 0 Å². The van der Waals surface area contributed by atoms with E-state index in [9.17, 15) is 34.8 Å². The van der Waals surface area contributed by atoms with Gasteiger partial charge in [-0.2, -0.15) is 26.3 Å². The first-order valence-electron chi connectivity index (χ1n) is 10.9. The lowest BCUT2D eigenvalue weighted by molar-refractivity contribution is -0.177. The number of nitrogens with zero attached hydrogens (tertiary/aromatic N) is 2. The molecule has 3 N–H and O–H groups in total. The number of sulfonamides is 1. The first-order chi connectivity index (χ1) is 18.4. The van der Waals surface area contributed by atoms with Crippen LogP contribution in [0.3, 0.4) is 0 Å². The molecule has 0 aliphatic carbocycles. The van der Waals surface area contributed by atoms with E-state index in [1.807, 2.05) is 0 Å². The summed E-state index contributed by atoms with van der Waals surface area (Å²) in [6.07, 6.45) is -6.12. The Bertz CT molecular complexity index is 1360. The summed E-state index contributed by atoms with van der Waals surface area (Å²) in [5.74, 6) is 0.304. The highest BCUT2D eigenvalue weighted by molar-refractivity contribution is 7.92. The molecule has 0 bridgehead atoms. The number of nitrogens with two attached hydrogens (primary N) is 1. The minimum Gasteiger partial charge on any atom is -0.384 e. The molecule has 0 saturated carbocycles. The van der Waals surface area contributed by atoms with Crippen molar-refractivity contribution in [3.05, 3.63) is 75.5 Å². The summed E-state index contributed by atoms with van der Waals surface area (Å²) in [6, 6.07) is 8.43. The number of anilines is 2. The quantitative estimate of drug-likeness (QED) is 0.265. The second kappa shape index (κ2) is 14.2. The minimum atomic E-state index is -4.42. The van der Waals surface area contributed by atoms with Crippen molar-refractivity contribution >= 4 is 44.9 Å². The fourth-order valence-electron chi connectivity index (χ4n) is 2.69. The van der Waals surface area contributed by atoms with Gasteiger partial charge in [0.05, 0.1) is 18.2 Å². The molecule has 0 aliphatic rings. The van der Waals surface area contributed by atoms with Crippen LogP contribution < -0.4 is 10.5 Å². The Labute approximate surface area is 235 Å². The second-order valence-corrected chi connectivity index (χ2v) is 10.5. The van der Waals surface area contributed by atoms with Gasteiger partial charge in [0.15, 0.2) is 0 Å². The molecule has 0 amide bonds. The molecular formula is C23H22Cl2F6N4O4S. The Balaban J connectivity index is 0.000000337. The van der Waals surface area contributed by atoms with Crippen molar-refractivity contribution in [2.75, 3.05) is 23.7 Å². The van der Waals surface area contributed by atoms with Crippen molar-refractivity contribution in [1.82, 2.24) is 9.97 Å². The summed E-state index contributed by atoms with van der Waals surface area (Å²) in [6.45, 7) is -1.42. The molecule has 3 rings (SSSR count). The van der Waals surface area contributed by atoms with Gasteiger partial charge in [-0.1, -0.05) is 35.3 Å². The Kier molecular flexibility index (Phi) is 11.8. The molecule has 0 radical (unpaired) electrons. The molecule has 40 heavy (non-hydrogen) atoms. The molecule has 1 aromatic carbocycles. The van der Waals surface area contributed by atoms with Crippen LogP contribution >= 0.6 is 23.2 Å². The Morgan fingerprint density at radius 1 is 0.850 bits per heavy atom. The number of ether oxygens (including phenoxy) is 2. The lowest BCUT2D eigenvalue weighted by atomic mass is 10.2. The number of nitrogen functional groups attached to an aromatic ring is 1. The van der Waals surface area contributed by atoms with Crippen LogP contribution in [-0.4, -0.2) is 44.0 Å². The Morgan fingerprint density at radius 2 is 1.38 bits per heavy atom. The smallest absolute Gasteiger partial charge is 0.384 e. The molecule has 3 aromatic rings. The molecule has 8 nitrogen and oxygen atoms in total. The zero-order chi connectivity index (χ0) is 30.1. The summed E-state index contributed by atoms with van der Waals surface area (Å²) in [4.78, 5) is 7.40. The maximum Gasteiger partial charge on any atom is 0.411 e. The number of rotatable bonds is 9. The second-order valence-electron chi connectivity index (χ2n) is 8.00. The number of nitrogens with one attached hydrogen (secondary N) is 1. The third kappa shape index (κ3) is 12.1. The molecule has 2 aromatic heterocycles. The van der Waals surface area contributed by atoms with Crippen LogP contribution in [0.15, 0.2) is 53.7 Å². The summed E-state index contributed by atoms with van der Waals surface area (Å²) >= 11 is 11.8. The van der Waals surface area contributed by atoms with Crippen molar-refractivity contribution in [1.29, 1.82) is 0 Å². The van der Waals surface area contributed by atoms with E-state index in [2.05, 4.69) is 24.2 Å². The number of pyridine rings is 2. The minimum absolute atomic E-state index is 0.0201. The van der Waals surface area contributed by atoms with Gasteiger partial charge in [0, 0.05) is 17.4 Å². The van der Waals surface area contributed by atoms with Gasteiger partial charge < -0.3 is 15.2 Å². The summed E-state index contributed by atoms with van der Waals surface area (Å²) < 4.78 is 107. The molecule has 0 unspecified atom stereocenters. The normalized spacial score (nSPS) is 12.0. The molecule has 0 atom stereocenters. The van der Waals surface area contributed by atoms with Crippen LogP contribution in [-0.2, 0) is 32.7 Å². The highest BCUT2D eigenvalue weighted by atomic mass is 35.5. The molecule has 0 aliphatic heterocycles. The summed E-state index contributed by atoms with van der Waals surface area (Å²) in [7, 11) is -4.02. The highest BCUT2D eigenvalue weighted by Crippen LogP contribution is 2.29. The number of halogens is 8. The number of hydrogen-bond donors (Lipinski definition) is 2. The molecule has 0 fully saturated rings. The number of hydrogen-bond acceptors (Lipinski definition) is 7. The number of benzene rings is 1. The molecule has 220 valence electrons. The Morgan fingerprint density at radius 3 is 1.82 bits per heavy atom. The van der Waals surface area contributed by atoms with Crippen molar-refractivity contribution in [3.8, 4) is 0 Å².